The van der Waals surface area contributed by atoms with Crippen molar-refractivity contribution in [2.45, 2.75) is 24.0 Å². The summed E-state index contributed by atoms with van der Waals surface area (Å²) in [6.07, 6.45) is -10.6. The first-order chi connectivity index (χ1) is 14.8. The Labute approximate surface area is 186 Å². The van der Waals surface area contributed by atoms with Gasteiger partial charge in [0.1, 0.15) is 5.25 Å². The molecule has 0 radical (unpaired) electrons. The molecular formula is C19H12ClF6N3O2S. The number of rotatable bonds is 4. The molecule has 0 aromatic heterocycles. The van der Waals surface area contributed by atoms with E-state index in [0.717, 1.165) is 11.8 Å². The molecule has 1 aliphatic heterocycles. The molecule has 13 heteroatoms. The number of carbonyl (C=O) groups is 2. The lowest BCUT2D eigenvalue weighted by atomic mass is 10.1. The third-order valence-electron chi connectivity index (χ3n) is 4.08. The van der Waals surface area contributed by atoms with E-state index in [1.165, 1.54) is 0 Å². The predicted molar refractivity (Wildman–Crippen MR) is 108 cm³/mol. The molecular weight excluding hydrogens is 484 g/mol. The maximum absolute atomic E-state index is 12.9. The molecule has 1 atom stereocenters. The first kappa shape index (κ1) is 23.9. The second-order valence-corrected chi connectivity index (χ2v) is 8.16. The summed E-state index contributed by atoms with van der Waals surface area (Å²) < 4.78 is 77.6. The van der Waals surface area contributed by atoms with Gasteiger partial charge in [0.2, 0.25) is 11.8 Å². The minimum Gasteiger partial charge on any atom is -0.326 e. The molecule has 2 amide bonds. The van der Waals surface area contributed by atoms with Crippen molar-refractivity contribution >= 4 is 51.7 Å². The highest BCUT2D eigenvalue weighted by atomic mass is 35.5. The van der Waals surface area contributed by atoms with Gasteiger partial charge in [-0.1, -0.05) is 23.4 Å². The van der Waals surface area contributed by atoms with E-state index >= 15 is 0 Å². The maximum Gasteiger partial charge on any atom is 0.416 e. The van der Waals surface area contributed by atoms with Gasteiger partial charge in [0.15, 0.2) is 5.17 Å². The summed E-state index contributed by atoms with van der Waals surface area (Å²) in [5.74, 6) is -1.50. The van der Waals surface area contributed by atoms with Gasteiger partial charge in [-0.3, -0.25) is 9.59 Å². The second-order valence-electron chi connectivity index (χ2n) is 6.54. The number of nitrogens with zero attached hydrogens (tertiary/aromatic N) is 1. The molecule has 170 valence electrons. The molecule has 32 heavy (non-hydrogen) atoms. The zero-order valence-electron chi connectivity index (χ0n) is 15.6. The number of halogens is 7. The van der Waals surface area contributed by atoms with Crippen molar-refractivity contribution in [3.8, 4) is 0 Å². The fourth-order valence-electron chi connectivity index (χ4n) is 2.63. The topological polar surface area (TPSA) is 70.6 Å². The number of anilines is 1. The zero-order chi connectivity index (χ0) is 23.7. The van der Waals surface area contributed by atoms with Crippen molar-refractivity contribution in [3.05, 3.63) is 58.6 Å². The fourth-order valence-corrected chi connectivity index (χ4v) is 3.75. The van der Waals surface area contributed by atoms with Crippen LogP contribution in [0.1, 0.15) is 17.5 Å². The molecule has 1 aliphatic rings. The van der Waals surface area contributed by atoms with Crippen molar-refractivity contribution in [1.29, 1.82) is 0 Å². The number of carbonyl (C=O) groups excluding carboxylic acids is 2. The normalized spacial score (nSPS) is 18.0. The van der Waals surface area contributed by atoms with Crippen LogP contribution in [0.3, 0.4) is 0 Å². The number of amidine groups is 1. The van der Waals surface area contributed by atoms with Crippen LogP contribution in [0.4, 0.5) is 37.7 Å². The van der Waals surface area contributed by atoms with E-state index in [1.54, 1.807) is 24.3 Å². The number of alkyl halides is 6. The largest absolute Gasteiger partial charge is 0.416 e. The van der Waals surface area contributed by atoms with Crippen LogP contribution in [-0.4, -0.2) is 22.2 Å². The lowest BCUT2D eigenvalue weighted by Crippen LogP contribution is -2.28. The van der Waals surface area contributed by atoms with E-state index in [1.807, 2.05) is 5.32 Å². The third-order valence-corrected chi connectivity index (χ3v) is 5.41. The Morgan fingerprint density at radius 2 is 1.59 bits per heavy atom. The Morgan fingerprint density at radius 3 is 2.12 bits per heavy atom. The molecule has 1 fully saturated rings. The Hall–Kier alpha value is -2.73. The van der Waals surface area contributed by atoms with Crippen molar-refractivity contribution in [2.75, 3.05) is 5.32 Å². The van der Waals surface area contributed by atoms with Crippen molar-refractivity contribution in [2.24, 2.45) is 4.99 Å². The van der Waals surface area contributed by atoms with Gasteiger partial charge in [-0.05, 0) is 42.5 Å². The van der Waals surface area contributed by atoms with Gasteiger partial charge in [0, 0.05) is 17.1 Å². The number of amides is 2. The number of hydrogen-bond donors (Lipinski definition) is 2. The van der Waals surface area contributed by atoms with Crippen LogP contribution in [0.25, 0.3) is 0 Å². The molecule has 2 N–H and O–H groups in total. The van der Waals surface area contributed by atoms with E-state index in [9.17, 15) is 35.9 Å². The van der Waals surface area contributed by atoms with Gasteiger partial charge in [-0.2, -0.15) is 26.3 Å². The Balaban J connectivity index is 1.71. The van der Waals surface area contributed by atoms with Crippen LogP contribution in [0, 0.1) is 0 Å². The first-order valence-electron chi connectivity index (χ1n) is 8.72. The van der Waals surface area contributed by atoms with E-state index in [-0.39, 0.29) is 11.2 Å². The Morgan fingerprint density at radius 1 is 1.03 bits per heavy atom. The highest BCUT2D eigenvalue weighted by molar-refractivity contribution is 8.15. The molecule has 3 rings (SSSR count). The third kappa shape index (κ3) is 6.16. The Bertz CT molecular complexity index is 1040. The van der Waals surface area contributed by atoms with Crippen LogP contribution in [0.2, 0.25) is 5.02 Å². The highest BCUT2D eigenvalue weighted by Crippen LogP contribution is 2.37. The highest BCUT2D eigenvalue weighted by Gasteiger charge is 2.37. The van der Waals surface area contributed by atoms with Gasteiger partial charge in [-0.25, -0.2) is 4.99 Å². The zero-order valence-corrected chi connectivity index (χ0v) is 17.2. The van der Waals surface area contributed by atoms with Gasteiger partial charge < -0.3 is 10.6 Å². The molecule has 5 nitrogen and oxygen atoms in total. The van der Waals surface area contributed by atoms with E-state index in [0.29, 0.717) is 22.8 Å². The first-order valence-corrected chi connectivity index (χ1v) is 9.98. The molecule has 1 saturated heterocycles. The van der Waals surface area contributed by atoms with Crippen molar-refractivity contribution in [1.82, 2.24) is 5.32 Å². The fraction of sp³-hybridized carbons (Fsp3) is 0.211. The molecule has 2 aromatic rings. The predicted octanol–water partition coefficient (Wildman–Crippen LogP) is 5.63. The standard InChI is InChI=1S/C19H12ClF6N3O2S/c20-11-1-3-12(4-2-11)28-17-29-16(31)14(32-17)8-15(30)27-13-6-9(18(21,22)23)5-10(7-13)19(24,25)26/h1-7,14H,8H2,(H,27,30)(H,28,29,31). The minimum atomic E-state index is -5.05. The van der Waals surface area contributed by atoms with E-state index in [4.69, 9.17) is 11.6 Å². The SMILES string of the molecule is O=C(CC1SC(=Nc2ccc(Cl)cc2)NC1=O)Nc1cc(C(F)(F)F)cc(C(F)(F)F)c1. The average Bonchev–Trinajstić information content (AvgIpc) is 3.00. The molecule has 0 aliphatic carbocycles. The number of nitrogens with one attached hydrogen (secondary N) is 2. The van der Waals surface area contributed by atoms with Crippen LogP contribution in [-0.2, 0) is 21.9 Å². The summed E-state index contributed by atoms with van der Waals surface area (Å²) in [4.78, 5) is 28.5. The molecule has 0 spiro atoms. The maximum atomic E-state index is 12.9. The summed E-state index contributed by atoms with van der Waals surface area (Å²) in [5, 5.41) is 4.16. The molecule has 2 aromatic carbocycles. The van der Waals surface area contributed by atoms with Gasteiger partial charge in [0.25, 0.3) is 0 Å². The second kappa shape index (κ2) is 9.02. The molecule has 0 saturated carbocycles. The van der Waals surface area contributed by atoms with Crippen molar-refractivity contribution < 1.29 is 35.9 Å². The number of hydrogen-bond acceptors (Lipinski definition) is 4. The van der Waals surface area contributed by atoms with Crippen molar-refractivity contribution in [3.63, 3.8) is 0 Å². The van der Waals surface area contributed by atoms with Crippen LogP contribution >= 0.6 is 23.4 Å². The summed E-state index contributed by atoms with van der Waals surface area (Å²) in [5.41, 5.74) is -3.33. The summed E-state index contributed by atoms with van der Waals surface area (Å²) in [6.45, 7) is 0. The lowest BCUT2D eigenvalue weighted by Gasteiger charge is -2.15. The number of thioether (sulfide) groups is 1. The lowest BCUT2D eigenvalue weighted by molar-refractivity contribution is -0.143. The van der Waals surface area contributed by atoms with E-state index in [2.05, 4.69) is 10.3 Å². The quantitative estimate of drug-likeness (QED) is 0.540. The van der Waals surface area contributed by atoms with Crippen LogP contribution in [0.15, 0.2) is 47.5 Å². The van der Waals surface area contributed by atoms with Crippen LogP contribution < -0.4 is 10.6 Å². The molecule has 1 unspecified atom stereocenters. The van der Waals surface area contributed by atoms with Gasteiger partial charge >= 0.3 is 12.4 Å². The smallest absolute Gasteiger partial charge is 0.326 e. The number of benzene rings is 2. The number of aliphatic imine (C=N–C) groups is 1. The summed E-state index contributed by atoms with van der Waals surface area (Å²) in [7, 11) is 0. The summed E-state index contributed by atoms with van der Waals surface area (Å²) in [6, 6.07) is 7.08. The monoisotopic (exact) mass is 495 g/mol. The van der Waals surface area contributed by atoms with Gasteiger partial charge in [0.05, 0.1) is 16.8 Å². The van der Waals surface area contributed by atoms with Gasteiger partial charge in [-0.15, -0.1) is 0 Å². The molecule has 0 bridgehead atoms. The van der Waals surface area contributed by atoms with E-state index < -0.39 is 52.7 Å². The van der Waals surface area contributed by atoms with Crippen LogP contribution in [0.5, 0.6) is 0 Å². The molecule has 1 heterocycles. The minimum absolute atomic E-state index is 0.0462. The Kier molecular flexibility index (Phi) is 6.75. The summed E-state index contributed by atoms with van der Waals surface area (Å²) >= 11 is 6.68. The average molecular weight is 496 g/mol.